The number of guanidine groups is 1. The predicted octanol–water partition coefficient (Wildman–Crippen LogP) is 3.52. The van der Waals surface area contributed by atoms with E-state index in [9.17, 15) is 4.79 Å². The summed E-state index contributed by atoms with van der Waals surface area (Å²) in [5, 5.41) is 10.8. The molecule has 4 N–H and O–H groups in total. The van der Waals surface area contributed by atoms with Crippen LogP contribution in [0.25, 0.3) is 10.9 Å². The summed E-state index contributed by atoms with van der Waals surface area (Å²) in [4.78, 5) is 19.6. The van der Waals surface area contributed by atoms with E-state index in [1.54, 1.807) is 13.1 Å². The normalized spacial score (nSPS) is 11.2. The lowest BCUT2D eigenvalue weighted by atomic mass is 10.1. The highest BCUT2D eigenvalue weighted by Gasteiger charge is 2.11. The molecule has 3 rings (SSSR count). The number of furan rings is 1. The quantitative estimate of drug-likeness (QED) is 0.157. The fraction of sp³-hybridized carbons (Fsp3) is 0.364. The number of carbonyl (C=O) groups excluding carboxylic acids is 1. The Morgan fingerprint density at radius 2 is 1.83 bits per heavy atom. The molecule has 0 bridgehead atoms. The zero-order valence-corrected chi connectivity index (χ0v) is 20.0. The van der Waals surface area contributed by atoms with Crippen LogP contribution in [0, 0.1) is 13.8 Å². The maximum absolute atomic E-state index is 12.0. The van der Waals surface area contributed by atoms with E-state index in [2.05, 4.69) is 57.2 Å². The Labute approximate surface area is 194 Å². The van der Waals surface area contributed by atoms with Gasteiger partial charge in [-0.3, -0.25) is 9.79 Å². The van der Waals surface area contributed by atoms with Gasteiger partial charge in [0, 0.05) is 49.3 Å². The van der Waals surface area contributed by atoms with Gasteiger partial charge >= 0.3 is 0 Å². The number of aromatic amines is 1. The molecule has 0 saturated heterocycles. The van der Waals surface area contributed by atoms with Crippen LogP contribution in [-0.4, -0.2) is 43.5 Å². The number of rotatable bonds is 8. The van der Waals surface area contributed by atoms with Gasteiger partial charge in [-0.05, 0) is 43.9 Å². The molecule has 1 amide bonds. The average molecular weight is 523 g/mol. The molecule has 0 aliphatic carbocycles. The molecule has 0 unspecified atom stereocenters. The summed E-state index contributed by atoms with van der Waals surface area (Å²) in [6.45, 7) is 6.04. The molecular weight excluding hydrogens is 493 g/mol. The molecule has 0 fully saturated rings. The van der Waals surface area contributed by atoms with Gasteiger partial charge < -0.3 is 25.4 Å². The van der Waals surface area contributed by atoms with Crippen molar-refractivity contribution in [2.24, 2.45) is 4.99 Å². The Morgan fingerprint density at radius 1 is 1.07 bits per heavy atom. The summed E-state index contributed by atoms with van der Waals surface area (Å²) in [7, 11) is 1.76. The Balaban J connectivity index is 0.00000320. The van der Waals surface area contributed by atoms with Crippen molar-refractivity contribution < 1.29 is 9.21 Å². The van der Waals surface area contributed by atoms with E-state index in [0.717, 1.165) is 30.9 Å². The number of H-pyrrole nitrogens is 1. The number of carbonyl (C=O) groups is 1. The van der Waals surface area contributed by atoms with Gasteiger partial charge in [-0.15, -0.1) is 24.0 Å². The summed E-state index contributed by atoms with van der Waals surface area (Å²) < 4.78 is 5.19. The summed E-state index contributed by atoms with van der Waals surface area (Å²) >= 11 is 0. The maximum atomic E-state index is 12.0. The van der Waals surface area contributed by atoms with E-state index >= 15 is 0 Å². The summed E-state index contributed by atoms with van der Waals surface area (Å²) in [5.41, 5.74) is 4.60. The first-order chi connectivity index (χ1) is 14.1. The SMILES string of the molecule is CN=C(NCCCNC(=O)c1occc1C)NCCc1c[nH]c2c(C)cccc12.I. The third-order valence-electron chi connectivity index (χ3n) is 4.92. The minimum absolute atomic E-state index is 0. The molecule has 7 nitrogen and oxygen atoms in total. The lowest BCUT2D eigenvalue weighted by molar-refractivity contribution is 0.0925. The summed E-state index contributed by atoms with van der Waals surface area (Å²) in [6.07, 6.45) is 5.30. The number of hydrogen-bond acceptors (Lipinski definition) is 3. The smallest absolute Gasteiger partial charge is 0.287 e. The fourth-order valence-electron chi connectivity index (χ4n) is 3.29. The molecule has 1 aromatic carbocycles. The van der Waals surface area contributed by atoms with Crippen LogP contribution in [0.3, 0.4) is 0 Å². The van der Waals surface area contributed by atoms with Gasteiger partial charge in [-0.25, -0.2) is 0 Å². The highest BCUT2D eigenvalue weighted by molar-refractivity contribution is 14.0. The van der Waals surface area contributed by atoms with E-state index in [4.69, 9.17) is 4.42 Å². The number of aliphatic imine (C=N–C) groups is 1. The number of fused-ring (bicyclic) bond motifs is 1. The van der Waals surface area contributed by atoms with Crippen LogP contribution < -0.4 is 16.0 Å². The number of aryl methyl sites for hydroxylation is 2. The van der Waals surface area contributed by atoms with E-state index in [1.165, 1.54) is 28.3 Å². The van der Waals surface area contributed by atoms with Crippen LogP contribution in [0.5, 0.6) is 0 Å². The van der Waals surface area contributed by atoms with E-state index < -0.39 is 0 Å². The molecule has 0 atom stereocenters. The van der Waals surface area contributed by atoms with Gasteiger partial charge in [0.25, 0.3) is 5.91 Å². The minimum atomic E-state index is -0.177. The van der Waals surface area contributed by atoms with Crippen molar-refractivity contribution >= 4 is 46.7 Å². The van der Waals surface area contributed by atoms with Gasteiger partial charge in [0.2, 0.25) is 0 Å². The predicted molar refractivity (Wildman–Crippen MR) is 132 cm³/mol. The van der Waals surface area contributed by atoms with Crippen molar-refractivity contribution in [3.63, 3.8) is 0 Å². The molecule has 0 radical (unpaired) electrons. The monoisotopic (exact) mass is 523 g/mol. The van der Waals surface area contributed by atoms with Crippen LogP contribution in [0.4, 0.5) is 0 Å². The number of nitrogens with zero attached hydrogens (tertiary/aromatic N) is 1. The highest BCUT2D eigenvalue weighted by atomic mass is 127. The molecule has 0 spiro atoms. The Bertz CT molecular complexity index is 992. The van der Waals surface area contributed by atoms with Crippen LogP contribution in [0.2, 0.25) is 0 Å². The maximum Gasteiger partial charge on any atom is 0.287 e. The van der Waals surface area contributed by atoms with Gasteiger partial charge in [-0.1, -0.05) is 18.2 Å². The number of nitrogens with one attached hydrogen (secondary N) is 4. The van der Waals surface area contributed by atoms with Crippen LogP contribution >= 0.6 is 24.0 Å². The third kappa shape index (κ3) is 6.01. The molecule has 2 heterocycles. The molecule has 8 heteroatoms. The zero-order chi connectivity index (χ0) is 20.6. The Hall–Kier alpha value is -2.49. The molecule has 2 aromatic heterocycles. The van der Waals surface area contributed by atoms with Crippen molar-refractivity contribution in [1.82, 2.24) is 20.9 Å². The topological polar surface area (TPSA) is 94.4 Å². The Morgan fingerprint density at radius 3 is 2.57 bits per heavy atom. The van der Waals surface area contributed by atoms with Crippen LogP contribution in [0.1, 0.15) is 33.7 Å². The Kier molecular flexibility index (Phi) is 9.22. The largest absolute Gasteiger partial charge is 0.459 e. The van der Waals surface area contributed by atoms with E-state index in [0.29, 0.717) is 18.8 Å². The lowest BCUT2D eigenvalue weighted by Crippen LogP contribution is -2.39. The minimum Gasteiger partial charge on any atom is -0.459 e. The van der Waals surface area contributed by atoms with Crippen LogP contribution in [-0.2, 0) is 6.42 Å². The first-order valence-electron chi connectivity index (χ1n) is 9.92. The van der Waals surface area contributed by atoms with Crippen LogP contribution in [0.15, 0.2) is 46.1 Å². The number of halogens is 1. The van der Waals surface area contributed by atoms with E-state index in [-0.39, 0.29) is 29.9 Å². The first kappa shape index (κ1) is 23.8. The number of aromatic nitrogens is 1. The number of benzene rings is 1. The van der Waals surface area contributed by atoms with Gasteiger partial charge in [0.15, 0.2) is 11.7 Å². The fourth-order valence-corrected chi connectivity index (χ4v) is 3.29. The zero-order valence-electron chi connectivity index (χ0n) is 17.7. The molecule has 0 aliphatic rings. The second-order valence-corrected chi connectivity index (χ2v) is 7.03. The van der Waals surface area contributed by atoms with Crippen molar-refractivity contribution in [2.45, 2.75) is 26.7 Å². The van der Waals surface area contributed by atoms with E-state index in [1.807, 2.05) is 6.92 Å². The molecule has 0 saturated carbocycles. The third-order valence-corrected chi connectivity index (χ3v) is 4.92. The molecule has 162 valence electrons. The average Bonchev–Trinajstić information content (AvgIpc) is 3.33. The first-order valence-corrected chi connectivity index (χ1v) is 9.92. The summed E-state index contributed by atoms with van der Waals surface area (Å²) in [6, 6.07) is 8.14. The summed E-state index contributed by atoms with van der Waals surface area (Å²) in [5.74, 6) is 0.959. The van der Waals surface area contributed by atoms with Crippen molar-refractivity contribution in [3.05, 3.63) is 59.2 Å². The second kappa shape index (κ2) is 11.6. The molecule has 30 heavy (non-hydrogen) atoms. The molecule has 0 aliphatic heterocycles. The van der Waals surface area contributed by atoms with Gasteiger partial charge in [0.1, 0.15) is 0 Å². The number of hydrogen-bond donors (Lipinski definition) is 4. The standard InChI is InChI=1S/C22H29N5O2.HI/c1-15-6-4-7-18-17(14-27-19(15)18)8-12-26-22(23-3)25-11-5-10-24-21(28)20-16(2)9-13-29-20;/h4,6-7,9,13-14,27H,5,8,10-12H2,1-3H3,(H,24,28)(H2,23,25,26);1H. The second-order valence-electron chi connectivity index (χ2n) is 7.03. The highest BCUT2D eigenvalue weighted by Crippen LogP contribution is 2.21. The lowest BCUT2D eigenvalue weighted by Gasteiger charge is -2.12. The van der Waals surface area contributed by atoms with Crippen molar-refractivity contribution in [2.75, 3.05) is 26.7 Å². The molecule has 3 aromatic rings. The molecular formula is C22H30IN5O2. The van der Waals surface area contributed by atoms with Crippen molar-refractivity contribution in [1.29, 1.82) is 0 Å². The van der Waals surface area contributed by atoms with Gasteiger partial charge in [-0.2, -0.15) is 0 Å². The van der Waals surface area contributed by atoms with Gasteiger partial charge in [0.05, 0.1) is 6.26 Å². The number of para-hydroxylation sites is 1. The number of amides is 1. The van der Waals surface area contributed by atoms with Crippen molar-refractivity contribution in [3.8, 4) is 0 Å².